The molecule has 1 aromatic rings. The first-order valence-electron chi connectivity index (χ1n) is 4.05. The second kappa shape index (κ2) is 2.59. The Bertz CT molecular complexity index is 333. The highest BCUT2D eigenvalue weighted by atomic mass is 16.1. The maximum absolute atomic E-state index is 11.3. The van der Waals surface area contributed by atoms with Crippen LogP contribution in [-0.2, 0) is 6.42 Å². The predicted molar refractivity (Wildman–Crippen MR) is 45.9 cm³/mol. The summed E-state index contributed by atoms with van der Waals surface area (Å²) < 4.78 is 0. The van der Waals surface area contributed by atoms with E-state index in [2.05, 4.69) is 4.98 Å². The lowest BCUT2D eigenvalue weighted by Crippen LogP contribution is -2.12. The Morgan fingerprint density at radius 2 is 2.25 bits per heavy atom. The van der Waals surface area contributed by atoms with Gasteiger partial charge in [0.05, 0.1) is 17.6 Å². The van der Waals surface area contributed by atoms with Crippen LogP contribution in [0.2, 0.25) is 0 Å². The quantitative estimate of drug-likeness (QED) is 0.623. The van der Waals surface area contributed by atoms with Gasteiger partial charge in [-0.2, -0.15) is 0 Å². The Kier molecular flexibility index (Phi) is 1.57. The molecule has 12 heavy (non-hydrogen) atoms. The van der Waals surface area contributed by atoms with Gasteiger partial charge in [0, 0.05) is 12.0 Å². The molecule has 3 heteroatoms. The molecular weight excluding hydrogens is 152 g/mol. The number of Topliss-reactive ketones (excluding diaryl/α,β-unsaturated/α-hetero) is 1. The van der Waals surface area contributed by atoms with Gasteiger partial charge in [0.1, 0.15) is 0 Å². The summed E-state index contributed by atoms with van der Waals surface area (Å²) >= 11 is 0. The molecule has 0 spiro atoms. The van der Waals surface area contributed by atoms with Crippen LogP contribution in [0.3, 0.4) is 0 Å². The van der Waals surface area contributed by atoms with E-state index >= 15 is 0 Å². The van der Waals surface area contributed by atoms with E-state index in [0.29, 0.717) is 12.1 Å². The van der Waals surface area contributed by atoms with Crippen LogP contribution in [0.1, 0.15) is 28.9 Å². The van der Waals surface area contributed by atoms with Gasteiger partial charge in [-0.15, -0.1) is 0 Å². The standard InChI is InChI=1S/C9H10N2O/c10-6-4-7-8(11-5-6)2-1-3-9(7)12/h4-5H,1-3,10H2. The van der Waals surface area contributed by atoms with Gasteiger partial charge < -0.3 is 5.73 Å². The van der Waals surface area contributed by atoms with Crippen LogP contribution in [0.15, 0.2) is 12.3 Å². The molecule has 1 aliphatic carbocycles. The molecule has 0 atom stereocenters. The number of carbonyl (C=O) groups is 1. The molecule has 0 amide bonds. The first kappa shape index (κ1) is 7.28. The van der Waals surface area contributed by atoms with E-state index in [-0.39, 0.29) is 5.78 Å². The third-order valence-corrected chi connectivity index (χ3v) is 2.11. The van der Waals surface area contributed by atoms with E-state index in [1.165, 1.54) is 0 Å². The van der Waals surface area contributed by atoms with Crippen molar-refractivity contribution in [3.05, 3.63) is 23.5 Å². The van der Waals surface area contributed by atoms with Crippen molar-refractivity contribution < 1.29 is 4.79 Å². The van der Waals surface area contributed by atoms with Crippen LogP contribution < -0.4 is 5.73 Å². The summed E-state index contributed by atoms with van der Waals surface area (Å²) in [6, 6.07) is 1.73. The van der Waals surface area contributed by atoms with Gasteiger partial charge >= 0.3 is 0 Å². The summed E-state index contributed by atoms with van der Waals surface area (Å²) in [6.07, 6.45) is 4.07. The number of carbonyl (C=O) groups excluding carboxylic acids is 1. The molecule has 0 saturated heterocycles. The molecular formula is C9H10N2O. The zero-order valence-corrected chi connectivity index (χ0v) is 6.71. The fourth-order valence-electron chi connectivity index (χ4n) is 1.50. The van der Waals surface area contributed by atoms with E-state index in [0.717, 1.165) is 24.1 Å². The normalized spacial score (nSPS) is 15.8. The minimum Gasteiger partial charge on any atom is -0.397 e. The molecule has 2 rings (SSSR count). The second-order valence-electron chi connectivity index (χ2n) is 3.04. The van der Waals surface area contributed by atoms with E-state index in [4.69, 9.17) is 5.73 Å². The van der Waals surface area contributed by atoms with Crippen LogP contribution in [0, 0.1) is 0 Å². The van der Waals surface area contributed by atoms with Gasteiger partial charge in [0.15, 0.2) is 5.78 Å². The van der Waals surface area contributed by atoms with Crippen LogP contribution in [0.25, 0.3) is 0 Å². The lowest BCUT2D eigenvalue weighted by atomic mass is 9.95. The molecule has 0 unspecified atom stereocenters. The predicted octanol–water partition coefficient (Wildman–Crippen LogP) is 1.18. The maximum Gasteiger partial charge on any atom is 0.164 e. The van der Waals surface area contributed by atoms with Crippen molar-refractivity contribution in [3.8, 4) is 0 Å². The fourth-order valence-corrected chi connectivity index (χ4v) is 1.50. The van der Waals surface area contributed by atoms with Crippen LogP contribution in [-0.4, -0.2) is 10.8 Å². The van der Waals surface area contributed by atoms with E-state index < -0.39 is 0 Å². The number of fused-ring (bicyclic) bond motifs is 1. The maximum atomic E-state index is 11.3. The van der Waals surface area contributed by atoms with Crippen LogP contribution >= 0.6 is 0 Å². The Labute approximate surface area is 70.6 Å². The van der Waals surface area contributed by atoms with Crippen molar-refractivity contribution >= 4 is 11.5 Å². The van der Waals surface area contributed by atoms with Gasteiger partial charge in [0.2, 0.25) is 0 Å². The number of nitrogens with two attached hydrogens (primary N) is 1. The minimum absolute atomic E-state index is 0.177. The smallest absolute Gasteiger partial charge is 0.164 e. The van der Waals surface area contributed by atoms with Crippen molar-refractivity contribution in [1.82, 2.24) is 4.98 Å². The van der Waals surface area contributed by atoms with E-state index in [1.54, 1.807) is 12.3 Å². The average molecular weight is 162 g/mol. The summed E-state index contributed by atoms with van der Waals surface area (Å²) in [5.74, 6) is 0.177. The van der Waals surface area contributed by atoms with Crippen LogP contribution in [0.4, 0.5) is 5.69 Å². The summed E-state index contributed by atoms with van der Waals surface area (Å²) in [4.78, 5) is 15.5. The molecule has 0 radical (unpaired) electrons. The van der Waals surface area contributed by atoms with Crippen molar-refractivity contribution in [1.29, 1.82) is 0 Å². The topological polar surface area (TPSA) is 56.0 Å². The van der Waals surface area contributed by atoms with E-state index in [1.807, 2.05) is 0 Å². The second-order valence-corrected chi connectivity index (χ2v) is 3.04. The molecule has 0 bridgehead atoms. The van der Waals surface area contributed by atoms with Crippen molar-refractivity contribution in [2.75, 3.05) is 5.73 Å². The van der Waals surface area contributed by atoms with Gasteiger partial charge in [-0.3, -0.25) is 9.78 Å². The number of hydrogen-bond donors (Lipinski definition) is 1. The zero-order valence-electron chi connectivity index (χ0n) is 6.71. The number of anilines is 1. The SMILES string of the molecule is Nc1cnc2c(c1)C(=O)CCC2. The number of aromatic nitrogens is 1. The third-order valence-electron chi connectivity index (χ3n) is 2.11. The zero-order chi connectivity index (χ0) is 8.55. The highest BCUT2D eigenvalue weighted by Crippen LogP contribution is 2.20. The van der Waals surface area contributed by atoms with Gasteiger partial charge in [0.25, 0.3) is 0 Å². The summed E-state index contributed by atoms with van der Waals surface area (Å²) in [6.45, 7) is 0. The molecule has 62 valence electrons. The first-order chi connectivity index (χ1) is 5.77. The van der Waals surface area contributed by atoms with Gasteiger partial charge in [-0.25, -0.2) is 0 Å². The fraction of sp³-hybridized carbons (Fsp3) is 0.333. The number of nitrogen functional groups attached to an aromatic ring is 1. The number of pyridine rings is 1. The number of hydrogen-bond acceptors (Lipinski definition) is 3. The summed E-state index contributed by atoms with van der Waals surface area (Å²) in [5.41, 5.74) is 7.73. The lowest BCUT2D eigenvalue weighted by Gasteiger charge is -2.12. The lowest BCUT2D eigenvalue weighted by molar-refractivity contribution is 0.0971. The highest BCUT2D eigenvalue weighted by molar-refractivity contribution is 5.98. The summed E-state index contributed by atoms with van der Waals surface area (Å²) in [5, 5.41) is 0. The molecule has 3 nitrogen and oxygen atoms in total. The number of ketones is 1. The number of aryl methyl sites for hydroxylation is 1. The Morgan fingerprint density at radius 1 is 1.42 bits per heavy atom. The molecule has 1 aromatic heterocycles. The molecule has 0 saturated carbocycles. The third kappa shape index (κ3) is 1.07. The highest BCUT2D eigenvalue weighted by Gasteiger charge is 2.17. The molecule has 0 aliphatic heterocycles. The Balaban J connectivity index is 2.54. The number of nitrogens with zero attached hydrogens (tertiary/aromatic N) is 1. The Morgan fingerprint density at radius 3 is 3.08 bits per heavy atom. The monoisotopic (exact) mass is 162 g/mol. The van der Waals surface area contributed by atoms with Crippen LogP contribution in [0.5, 0.6) is 0 Å². The van der Waals surface area contributed by atoms with Crippen molar-refractivity contribution in [3.63, 3.8) is 0 Å². The van der Waals surface area contributed by atoms with Crippen molar-refractivity contribution in [2.45, 2.75) is 19.3 Å². The minimum atomic E-state index is 0.177. The molecule has 2 N–H and O–H groups in total. The summed E-state index contributed by atoms with van der Waals surface area (Å²) in [7, 11) is 0. The first-order valence-corrected chi connectivity index (χ1v) is 4.05. The van der Waals surface area contributed by atoms with Crippen molar-refractivity contribution in [2.24, 2.45) is 0 Å². The molecule has 1 aliphatic rings. The molecule has 1 heterocycles. The molecule has 0 aromatic carbocycles. The molecule has 0 fully saturated rings. The van der Waals surface area contributed by atoms with E-state index in [9.17, 15) is 4.79 Å². The largest absolute Gasteiger partial charge is 0.397 e. The Hall–Kier alpha value is -1.38. The average Bonchev–Trinajstić information content (AvgIpc) is 2.07. The number of rotatable bonds is 0. The van der Waals surface area contributed by atoms with Gasteiger partial charge in [-0.05, 0) is 18.9 Å². The van der Waals surface area contributed by atoms with Gasteiger partial charge in [-0.1, -0.05) is 0 Å².